The molecule has 2 aliphatic rings. The van der Waals surface area contributed by atoms with Crippen LogP contribution >= 0.6 is 0 Å². The van der Waals surface area contributed by atoms with Crippen LogP contribution in [0.1, 0.15) is 72.1 Å². The van der Waals surface area contributed by atoms with Crippen LogP contribution in [0.5, 0.6) is 0 Å². The highest BCUT2D eigenvalue weighted by atomic mass is 16.7. The highest BCUT2D eigenvalue weighted by molar-refractivity contribution is 5.86. The molecule has 9 heteroatoms. The fraction of sp³-hybridized carbons (Fsp3) is 0.818. The number of hydroxylamine groups is 2. The first-order valence-electron chi connectivity index (χ1n) is 11.2. The summed E-state index contributed by atoms with van der Waals surface area (Å²) in [7, 11) is 0. The summed E-state index contributed by atoms with van der Waals surface area (Å²) in [6.07, 6.45) is 5.93. The summed E-state index contributed by atoms with van der Waals surface area (Å²) >= 11 is 0. The van der Waals surface area contributed by atoms with E-state index in [0.717, 1.165) is 30.7 Å². The number of hydrogen-bond donors (Lipinski definition) is 0. The van der Waals surface area contributed by atoms with Gasteiger partial charge in [-0.1, -0.05) is 32.1 Å². The number of hydrogen-bond acceptors (Lipinski definition) is 7. The molecule has 1 unspecified atom stereocenters. The van der Waals surface area contributed by atoms with Gasteiger partial charge in [-0.3, -0.25) is 4.79 Å². The SMILES string of the molecule is CC(C)(C)OC(=O)C(CC=O)N(OC(=O)N1CCOCC1)C(=O)CCC1CCCCC1. The van der Waals surface area contributed by atoms with E-state index in [-0.39, 0.29) is 12.8 Å². The normalized spacial score (nSPS) is 18.7. The molecule has 1 saturated heterocycles. The quantitative estimate of drug-likeness (QED) is 0.341. The van der Waals surface area contributed by atoms with Gasteiger partial charge in [-0.25, -0.2) is 9.59 Å². The van der Waals surface area contributed by atoms with Crippen molar-refractivity contribution in [1.29, 1.82) is 0 Å². The largest absolute Gasteiger partial charge is 0.458 e. The first-order valence-corrected chi connectivity index (χ1v) is 11.2. The molecule has 0 aromatic rings. The third kappa shape index (κ3) is 8.47. The Kier molecular flexibility index (Phi) is 9.74. The van der Waals surface area contributed by atoms with Crippen molar-refractivity contribution in [3.63, 3.8) is 0 Å². The lowest BCUT2D eigenvalue weighted by atomic mass is 9.86. The van der Waals surface area contributed by atoms with Gasteiger partial charge in [-0.05, 0) is 33.1 Å². The van der Waals surface area contributed by atoms with E-state index >= 15 is 0 Å². The zero-order valence-corrected chi connectivity index (χ0v) is 19.0. The Morgan fingerprint density at radius 3 is 2.35 bits per heavy atom. The molecule has 1 heterocycles. The topological polar surface area (TPSA) is 102 Å². The molecule has 1 aliphatic heterocycles. The Bertz CT molecular complexity index is 620. The summed E-state index contributed by atoms with van der Waals surface area (Å²) in [6.45, 7) is 6.47. The summed E-state index contributed by atoms with van der Waals surface area (Å²) in [5, 5.41) is 0.767. The van der Waals surface area contributed by atoms with Gasteiger partial charge >= 0.3 is 12.1 Å². The lowest BCUT2D eigenvalue weighted by Gasteiger charge is -2.33. The van der Waals surface area contributed by atoms with Crippen LogP contribution in [-0.2, 0) is 28.7 Å². The summed E-state index contributed by atoms with van der Waals surface area (Å²) in [6, 6.07) is -1.32. The molecule has 2 fully saturated rings. The molecule has 0 aromatic carbocycles. The maximum atomic E-state index is 13.1. The number of amides is 2. The second-order valence-electron chi connectivity index (χ2n) is 9.17. The maximum absolute atomic E-state index is 13.1. The van der Waals surface area contributed by atoms with Crippen molar-refractivity contribution in [2.45, 2.75) is 83.8 Å². The van der Waals surface area contributed by atoms with Crippen molar-refractivity contribution in [1.82, 2.24) is 9.96 Å². The van der Waals surface area contributed by atoms with Gasteiger partial charge in [0.2, 0.25) is 0 Å². The zero-order chi connectivity index (χ0) is 22.9. The first-order chi connectivity index (χ1) is 14.7. The summed E-state index contributed by atoms with van der Waals surface area (Å²) in [5.74, 6) is -0.828. The van der Waals surface area contributed by atoms with Crippen LogP contribution in [0.25, 0.3) is 0 Å². The Morgan fingerprint density at radius 1 is 1.13 bits per heavy atom. The van der Waals surface area contributed by atoms with Crippen LogP contribution in [0, 0.1) is 5.92 Å². The number of carbonyl (C=O) groups excluding carboxylic acids is 4. The molecule has 0 bridgehead atoms. The standard InChI is InChI=1S/C22H36N2O7/c1-22(2,3)30-20(27)18(11-14-25)24(31-21(28)23-12-15-29-16-13-23)19(26)10-9-17-7-5-4-6-8-17/h14,17-18H,4-13,15-16H2,1-3H3. The molecule has 1 aliphatic carbocycles. The molecule has 2 amide bonds. The Labute approximate surface area is 184 Å². The fourth-order valence-corrected chi connectivity index (χ4v) is 3.84. The van der Waals surface area contributed by atoms with E-state index in [1.165, 1.54) is 11.3 Å². The van der Waals surface area contributed by atoms with Gasteiger partial charge in [0.15, 0.2) is 6.04 Å². The molecule has 9 nitrogen and oxygen atoms in total. The van der Waals surface area contributed by atoms with E-state index in [1.54, 1.807) is 20.8 Å². The Balaban J connectivity index is 2.14. The predicted octanol–water partition coefficient (Wildman–Crippen LogP) is 2.86. The minimum Gasteiger partial charge on any atom is -0.458 e. The van der Waals surface area contributed by atoms with E-state index in [4.69, 9.17) is 14.3 Å². The van der Waals surface area contributed by atoms with Crippen LogP contribution in [0.15, 0.2) is 0 Å². The number of ether oxygens (including phenoxy) is 2. The molecule has 0 radical (unpaired) electrons. The van der Waals surface area contributed by atoms with Crippen LogP contribution in [-0.4, -0.2) is 72.2 Å². The average Bonchev–Trinajstić information content (AvgIpc) is 2.74. The first kappa shape index (κ1) is 25.1. The number of nitrogens with zero attached hydrogens (tertiary/aromatic N) is 2. The van der Waals surface area contributed by atoms with Gasteiger partial charge in [0.25, 0.3) is 5.91 Å². The smallest absolute Gasteiger partial charge is 0.434 e. The third-order valence-electron chi connectivity index (χ3n) is 5.46. The molecule has 0 aromatic heterocycles. The highest BCUT2D eigenvalue weighted by Crippen LogP contribution is 2.28. The Morgan fingerprint density at radius 2 is 1.77 bits per heavy atom. The highest BCUT2D eigenvalue weighted by Gasteiger charge is 2.37. The molecule has 1 saturated carbocycles. The van der Waals surface area contributed by atoms with Crippen molar-refractivity contribution in [2.24, 2.45) is 5.92 Å². The third-order valence-corrected chi connectivity index (χ3v) is 5.46. The van der Waals surface area contributed by atoms with Gasteiger partial charge in [0.05, 0.1) is 13.2 Å². The minimum absolute atomic E-state index is 0.138. The average molecular weight is 441 g/mol. The molecular formula is C22H36N2O7. The van der Waals surface area contributed by atoms with Crippen LogP contribution in [0.3, 0.4) is 0 Å². The summed E-state index contributed by atoms with van der Waals surface area (Å²) in [4.78, 5) is 56.6. The van der Waals surface area contributed by atoms with E-state index in [0.29, 0.717) is 44.9 Å². The van der Waals surface area contributed by atoms with Crippen LogP contribution in [0.2, 0.25) is 0 Å². The number of esters is 1. The fourth-order valence-electron chi connectivity index (χ4n) is 3.84. The minimum atomic E-state index is -1.32. The van der Waals surface area contributed by atoms with E-state index in [2.05, 4.69) is 0 Å². The van der Waals surface area contributed by atoms with Gasteiger partial charge < -0.3 is 24.0 Å². The van der Waals surface area contributed by atoms with Gasteiger partial charge in [-0.15, -0.1) is 0 Å². The molecule has 0 spiro atoms. The van der Waals surface area contributed by atoms with Crippen molar-refractivity contribution in [2.75, 3.05) is 26.3 Å². The van der Waals surface area contributed by atoms with Crippen molar-refractivity contribution >= 4 is 24.3 Å². The second-order valence-corrected chi connectivity index (χ2v) is 9.17. The monoisotopic (exact) mass is 440 g/mol. The maximum Gasteiger partial charge on any atom is 0.434 e. The van der Waals surface area contributed by atoms with Crippen LogP contribution < -0.4 is 0 Å². The number of rotatable bonds is 7. The van der Waals surface area contributed by atoms with Gasteiger partial charge in [0, 0.05) is 25.9 Å². The number of aldehydes is 1. The Hall–Kier alpha value is -2.16. The van der Waals surface area contributed by atoms with Gasteiger partial charge in [-0.2, -0.15) is 5.06 Å². The second kappa shape index (κ2) is 12.0. The number of morpholine rings is 1. The summed E-state index contributed by atoms with van der Waals surface area (Å²) < 4.78 is 10.6. The lowest BCUT2D eigenvalue weighted by molar-refractivity contribution is -0.197. The molecule has 31 heavy (non-hydrogen) atoms. The molecule has 1 atom stereocenters. The number of carbonyl (C=O) groups is 4. The molecule has 0 N–H and O–H groups in total. The van der Waals surface area contributed by atoms with Crippen LogP contribution in [0.4, 0.5) is 4.79 Å². The lowest BCUT2D eigenvalue weighted by Crippen LogP contribution is -2.51. The van der Waals surface area contributed by atoms with Crippen molar-refractivity contribution < 1.29 is 33.5 Å². The van der Waals surface area contributed by atoms with E-state index in [9.17, 15) is 19.2 Å². The predicted molar refractivity (Wildman–Crippen MR) is 112 cm³/mol. The van der Waals surface area contributed by atoms with Crippen molar-refractivity contribution in [3.8, 4) is 0 Å². The molecule has 2 rings (SSSR count). The zero-order valence-electron chi connectivity index (χ0n) is 19.0. The summed E-state index contributed by atoms with van der Waals surface area (Å²) in [5.41, 5.74) is -0.816. The molecule has 176 valence electrons. The van der Waals surface area contributed by atoms with Crippen molar-refractivity contribution in [3.05, 3.63) is 0 Å². The van der Waals surface area contributed by atoms with Gasteiger partial charge in [0.1, 0.15) is 11.9 Å². The van der Waals surface area contributed by atoms with E-state index < -0.39 is 29.6 Å². The van der Waals surface area contributed by atoms with E-state index in [1.807, 2.05) is 0 Å². The molecular weight excluding hydrogens is 404 g/mol.